The topological polar surface area (TPSA) is 102 Å². The van der Waals surface area contributed by atoms with Gasteiger partial charge in [-0.1, -0.05) is 6.07 Å². The van der Waals surface area contributed by atoms with Gasteiger partial charge in [-0.3, -0.25) is 4.79 Å². The van der Waals surface area contributed by atoms with Gasteiger partial charge < -0.3 is 19.9 Å². The Labute approximate surface area is 129 Å². The van der Waals surface area contributed by atoms with Crippen LogP contribution in [0, 0.1) is 11.6 Å². The molecule has 0 unspecified atom stereocenters. The molecule has 0 aromatic heterocycles. The Balaban J connectivity index is 3.17. The zero-order valence-electron chi connectivity index (χ0n) is 12.2. The van der Waals surface area contributed by atoms with Crippen molar-refractivity contribution in [2.45, 2.75) is 6.42 Å². The maximum Gasteiger partial charge on any atom is 0.354 e. The van der Waals surface area contributed by atoms with Crippen molar-refractivity contribution in [2.24, 2.45) is 0 Å². The number of aliphatic carboxylic acids is 1. The highest BCUT2D eigenvalue weighted by Gasteiger charge is 2.19. The third-order valence-corrected chi connectivity index (χ3v) is 2.64. The first kappa shape index (κ1) is 18.1. The molecule has 0 amide bonds. The molecule has 2 N–H and O–H groups in total. The Kier molecular flexibility index (Phi) is 6.19. The zero-order chi connectivity index (χ0) is 17.6. The average Bonchev–Trinajstić information content (AvgIpc) is 2.52. The fourth-order valence-corrected chi connectivity index (χ4v) is 1.56. The van der Waals surface area contributed by atoms with Crippen LogP contribution in [0.2, 0.25) is 0 Å². The molecule has 0 aliphatic rings. The van der Waals surface area contributed by atoms with Crippen molar-refractivity contribution < 1.29 is 37.7 Å². The Morgan fingerprint density at radius 1 is 1.17 bits per heavy atom. The number of nitrogens with one attached hydrogen (secondary N) is 1. The molecular weight excluding hydrogens is 316 g/mol. The van der Waals surface area contributed by atoms with Gasteiger partial charge in [-0.25, -0.2) is 18.4 Å². The van der Waals surface area contributed by atoms with E-state index >= 15 is 0 Å². The largest absolute Gasteiger partial charge is 0.481 e. The van der Waals surface area contributed by atoms with Crippen LogP contribution in [0.15, 0.2) is 23.9 Å². The lowest BCUT2D eigenvalue weighted by Gasteiger charge is -2.11. The van der Waals surface area contributed by atoms with E-state index in [1.54, 1.807) is 0 Å². The van der Waals surface area contributed by atoms with Crippen molar-refractivity contribution in [3.05, 3.63) is 41.1 Å². The third kappa shape index (κ3) is 4.77. The molecule has 0 atom stereocenters. The summed E-state index contributed by atoms with van der Waals surface area (Å²) in [6.45, 7) is 0. The molecule has 7 nitrogen and oxygen atoms in total. The van der Waals surface area contributed by atoms with Crippen molar-refractivity contribution in [3.63, 3.8) is 0 Å². The highest BCUT2D eigenvalue weighted by molar-refractivity contribution is 5.98. The van der Waals surface area contributed by atoms with Crippen molar-refractivity contribution in [1.29, 1.82) is 0 Å². The predicted octanol–water partition coefficient (Wildman–Crippen LogP) is 1.23. The number of rotatable bonds is 6. The van der Waals surface area contributed by atoms with Crippen LogP contribution < -0.4 is 5.32 Å². The number of halogens is 2. The van der Waals surface area contributed by atoms with Crippen molar-refractivity contribution in [3.8, 4) is 0 Å². The van der Waals surface area contributed by atoms with Crippen LogP contribution in [0.25, 0.3) is 0 Å². The lowest BCUT2D eigenvalue weighted by Crippen LogP contribution is -2.17. The highest BCUT2D eigenvalue weighted by Crippen LogP contribution is 2.22. The van der Waals surface area contributed by atoms with E-state index in [0.29, 0.717) is 6.08 Å². The fraction of sp³-hybridized carbons (Fsp3) is 0.214. The van der Waals surface area contributed by atoms with Gasteiger partial charge in [0.05, 0.1) is 32.4 Å². The number of methoxy groups -OCH3 is 2. The number of carbonyl (C=O) groups excluding carboxylic acids is 2. The van der Waals surface area contributed by atoms with Gasteiger partial charge in [0.15, 0.2) is 11.6 Å². The van der Waals surface area contributed by atoms with Crippen LogP contribution in [0.4, 0.5) is 14.5 Å². The summed E-state index contributed by atoms with van der Waals surface area (Å²) in [5, 5.41) is 10.8. The summed E-state index contributed by atoms with van der Waals surface area (Å²) in [4.78, 5) is 33.3. The second-order valence-electron chi connectivity index (χ2n) is 4.17. The maximum atomic E-state index is 13.9. The van der Waals surface area contributed by atoms with Gasteiger partial charge in [-0.15, -0.1) is 0 Å². The summed E-state index contributed by atoms with van der Waals surface area (Å²) in [5.41, 5.74) is -1.32. The monoisotopic (exact) mass is 329 g/mol. The smallest absolute Gasteiger partial charge is 0.354 e. The fourth-order valence-electron chi connectivity index (χ4n) is 1.56. The van der Waals surface area contributed by atoms with E-state index in [9.17, 15) is 23.2 Å². The molecule has 1 aromatic carbocycles. The first-order valence-corrected chi connectivity index (χ1v) is 6.13. The molecule has 0 saturated carbocycles. The van der Waals surface area contributed by atoms with E-state index in [-0.39, 0.29) is 5.56 Å². The van der Waals surface area contributed by atoms with Crippen molar-refractivity contribution >= 4 is 23.6 Å². The van der Waals surface area contributed by atoms with Gasteiger partial charge in [0, 0.05) is 5.56 Å². The van der Waals surface area contributed by atoms with E-state index in [4.69, 9.17) is 5.11 Å². The number of carboxylic acids is 1. The minimum Gasteiger partial charge on any atom is -0.481 e. The number of hydrogen-bond donors (Lipinski definition) is 2. The molecule has 1 rings (SSSR count). The van der Waals surface area contributed by atoms with Crippen LogP contribution in [-0.4, -0.2) is 37.2 Å². The van der Waals surface area contributed by atoms with Crippen LogP contribution in [0.3, 0.4) is 0 Å². The first-order valence-electron chi connectivity index (χ1n) is 6.13. The van der Waals surface area contributed by atoms with Crippen molar-refractivity contribution in [1.82, 2.24) is 0 Å². The van der Waals surface area contributed by atoms with Gasteiger partial charge in [0.25, 0.3) is 0 Å². The van der Waals surface area contributed by atoms with E-state index in [1.165, 1.54) is 0 Å². The second kappa shape index (κ2) is 7.87. The van der Waals surface area contributed by atoms with Crippen LogP contribution in [-0.2, 0) is 30.3 Å². The molecule has 0 fully saturated rings. The Morgan fingerprint density at radius 3 is 2.35 bits per heavy atom. The summed E-state index contributed by atoms with van der Waals surface area (Å²) in [6.07, 6.45) is -0.000763. The summed E-state index contributed by atoms with van der Waals surface area (Å²) in [7, 11) is 2.09. The Bertz CT molecular complexity index is 671. The first-order chi connectivity index (χ1) is 10.8. The summed E-state index contributed by atoms with van der Waals surface area (Å²) < 4.78 is 36.5. The molecule has 9 heteroatoms. The SMILES string of the molecule is COC(=O)/C=C(/Nc1ccc(CC(=O)O)c(F)c1F)C(=O)OC. The van der Waals surface area contributed by atoms with Crippen molar-refractivity contribution in [2.75, 3.05) is 19.5 Å². The van der Waals surface area contributed by atoms with E-state index in [1.807, 2.05) is 0 Å². The van der Waals surface area contributed by atoms with E-state index in [0.717, 1.165) is 26.4 Å². The molecule has 124 valence electrons. The number of ether oxygens (including phenoxy) is 2. The summed E-state index contributed by atoms with van der Waals surface area (Å²) in [6, 6.07) is 2.08. The number of anilines is 1. The molecular formula is C14H13F2NO6. The van der Waals surface area contributed by atoms with E-state index < -0.39 is 47.3 Å². The number of esters is 2. The number of benzene rings is 1. The lowest BCUT2D eigenvalue weighted by molar-refractivity contribution is -0.138. The van der Waals surface area contributed by atoms with Crippen LogP contribution in [0.1, 0.15) is 5.56 Å². The van der Waals surface area contributed by atoms with Gasteiger partial charge in [0.2, 0.25) is 0 Å². The molecule has 0 aliphatic carbocycles. The quantitative estimate of drug-likeness (QED) is 0.598. The molecule has 0 bridgehead atoms. The molecule has 0 heterocycles. The normalized spacial score (nSPS) is 10.9. The molecule has 23 heavy (non-hydrogen) atoms. The molecule has 1 aromatic rings. The van der Waals surface area contributed by atoms with Gasteiger partial charge in [-0.05, 0) is 6.07 Å². The third-order valence-electron chi connectivity index (χ3n) is 2.64. The number of carboxylic acid groups (broad SMARTS) is 1. The Hall–Kier alpha value is -2.97. The van der Waals surface area contributed by atoms with Crippen LogP contribution >= 0.6 is 0 Å². The van der Waals surface area contributed by atoms with Gasteiger partial charge in [0.1, 0.15) is 5.70 Å². The number of hydrogen-bond acceptors (Lipinski definition) is 6. The molecule has 0 spiro atoms. The minimum absolute atomic E-state index is 0.364. The Morgan fingerprint density at radius 2 is 1.83 bits per heavy atom. The molecule has 0 aliphatic heterocycles. The van der Waals surface area contributed by atoms with Gasteiger partial charge in [-0.2, -0.15) is 0 Å². The maximum absolute atomic E-state index is 13.9. The van der Waals surface area contributed by atoms with Crippen LogP contribution in [0.5, 0.6) is 0 Å². The summed E-state index contributed by atoms with van der Waals surface area (Å²) in [5.74, 6) is -6.03. The van der Waals surface area contributed by atoms with Gasteiger partial charge >= 0.3 is 17.9 Å². The second-order valence-corrected chi connectivity index (χ2v) is 4.17. The van der Waals surface area contributed by atoms with E-state index in [2.05, 4.69) is 14.8 Å². The minimum atomic E-state index is -1.40. The molecule has 0 radical (unpaired) electrons. The lowest BCUT2D eigenvalue weighted by atomic mass is 10.1. The average molecular weight is 329 g/mol. The standard InChI is InChI=1S/C14H13F2NO6/c1-22-11(20)6-9(14(21)23-2)17-8-4-3-7(5-10(18)19)12(15)13(8)16/h3-4,6,17H,5H2,1-2H3,(H,18,19)/b9-6+. The summed E-state index contributed by atoms with van der Waals surface area (Å²) >= 11 is 0. The zero-order valence-corrected chi connectivity index (χ0v) is 12.2. The highest BCUT2D eigenvalue weighted by atomic mass is 19.2. The predicted molar refractivity (Wildman–Crippen MR) is 73.4 cm³/mol. The molecule has 0 saturated heterocycles. The number of carbonyl (C=O) groups is 3.